The van der Waals surface area contributed by atoms with E-state index in [0.29, 0.717) is 6.42 Å². The molecule has 0 aromatic carbocycles. The van der Waals surface area contributed by atoms with Crippen LogP contribution in [0.1, 0.15) is 34.1 Å². The normalized spacial score (nSPS) is 13.7. The smallest absolute Gasteiger partial charge is 0.328 e. The highest BCUT2D eigenvalue weighted by molar-refractivity contribution is 5.90. The van der Waals surface area contributed by atoms with Gasteiger partial charge in [-0.15, -0.1) is 0 Å². The molecule has 0 rings (SSSR count). The summed E-state index contributed by atoms with van der Waals surface area (Å²) in [5, 5.41) is 5.14. The number of carbonyl (C=O) groups excluding carboxylic acids is 3. The van der Waals surface area contributed by atoms with E-state index in [4.69, 9.17) is 0 Å². The van der Waals surface area contributed by atoms with E-state index in [1.807, 2.05) is 13.8 Å². The maximum absolute atomic E-state index is 12.0. The van der Waals surface area contributed by atoms with Crippen LogP contribution in [-0.4, -0.2) is 37.0 Å². The van der Waals surface area contributed by atoms with Gasteiger partial charge in [0, 0.05) is 6.92 Å². The number of hydrogen-bond acceptors (Lipinski definition) is 4. The number of rotatable bonds is 6. The van der Waals surface area contributed by atoms with E-state index in [-0.39, 0.29) is 17.7 Å². The van der Waals surface area contributed by atoms with Gasteiger partial charge in [-0.25, -0.2) is 4.79 Å². The van der Waals surface area contributed by atoms with Crippen LogP contribution in [0.15, 0.2) is 0 Å². The van der Waals surface area contributed by atoms with Gasteiger partial charge in [0.15, 0.2) is 0 Å². The maximum atomic E-state index is 12.0. The Morgan fingerprint density at radius 2 is 1.72 bits per heavy atom. The molecule has 104 valence electrons. The molecule has 0 saturated carbocycles. The van der Waals surface area contributed by atoms with Crippen LogP contribution >= 0.6 is 0 Å². The number of esters is 1. The Labute approximate surface area is 107 Å². The minimum absolute atomic E-state index is 0.0657. The van der Waals surface area contributed by atoms with Crippen molar-refractivity contribution in [1.29, 1.82) is 0 Å². The van der Waals surface area contributed by atoms with E-state index in [2.05, 4.69) is 15.4 Å². The van der Waals surface area contributed by atoms with Crippen LogP contribution in [0, 0.1) is 5.92 Å². The summed E-state index contributed by atoms with van der Waals surface area (Å²) in [4.78, 5) is 34.4. The largest absolute Gasteiger partial charge is 0.467 e. The van der Waals surface area contributed by atoms with Crippen molar-refractivity contribution in [3.05, 3.63) is 0 Å². The highest BCUT2D eigenvalue weighted by atomic mass is 16.5. The summed E-state index contributed by atoms with van der Waals surface area (Å²) in [6.45, 7) is 6.75. The van der Waals surface area contributed by atoms with Crippen molar-refractivity contribution < 1.29 is 19.1 Å². The second-order valence-electron chi connectivity index (χ2n) is 4.41. The molecule has 0 aliphatic heterocycles. The van der Waals surface area contributed by atoms with Gasteiger partial charge >= 0.3 is 5.97 Å². The minimum Gasteiger partial charge on any atom is -0.467 e. The Hall–Kier alpha value is -1.59. The molecule has 0 heterocycles. The number of ether oxygens (including phenoxy) is 1. The van der Waals surface area contributed by atoms with Crippen molar-refractivity contribution >= 4 is 17.8 Å². The van der Waals surface area contributed by atoms with Crippen molar-refractivity contribution in [2.24, 2.45) is 5.92 Å². The zero-order chi connectivity index (χ0) is 14.3. The molecule has 0 aliphatic carbocycles. The predicted octanol–water partition coefficient (Wildman–Crippen LogP) is 0.215. The summed E-state index contributed by atoms with van der Waals surface area (Å²) in [6.07, 6.45) is 0.434. The highest BCUT2D eigenvalue weighted by Gasteiger charge is 2.27. The van der Waals surface area contributed by atoms with Gasteiger partial charge < -0.3 is 15.4 Å². The number of carbonyl (C=O) groups is 3. The Morgan fingerprint density at radius 1 is 1.17 bits per heavy atom. The van der Waals surface area contributed by atoms with Crippen LogP contribution in [0.3, 0.4) is 0 Å². The quantitative estimate of drug-likeness (QED) is 0.667. The van der Waals surface area contributed by atoms with Gasteiger partial charge in [0.2, 0.25) is 11.8 Å². The highest BCUT2D eigenvalue weighted by Crippen LogP contribution is 2.03. The molecular formula is C12H22N2O4. The SMILES string of the molecule is CC[C@@H](NC(=O)[C@H](NC(C)=O)C(C)C)C(=O)OC. The first-order valence-corrected chi connectivity index (χ1v) is 5.98. The molecule has 2 atom stereocenters. The van der Waals surface area contributed by atoms with E-state index in [9.17, 15) is 14.4 Å². The lowest BCUT2D eigenvalue weighted by molar-refractivity contribution is -0.145. The number of nitrogens with one attached hydrogen (secondary N) is 2. The van der Waals surface area contributed by atoms with Gasteiger partial charge in [0.05, 0.1) is 7.11 Å². The molecule has 6 heteroatoms. The second kappa shape index (κ2) is 7.68. The monoisotopic (exact) mass is 258 g/mol. The van der Waals surface area contributed by atoms with Crippen LogP contribution in [0.5, 0.6) is 0 Å². The molecule has 6 nitrogen and oxygen atoms in total. The molecule has 18 heavy (non-hydrogen) atoms. The van der Waals surface area contributed by atoms with Crippen LogP contribution in [0.25, 0.3) is 0 Å². The van der Waals surface area contributed by atoms with Gasteiger partial charge in [-0.05, 0) is 12.3 Å². The molecule has 2 amide bonds. The average molecular weight is 258 g/mol. The second-order valence-corrected chi connectivity index (χ2v) is 4.41. The van der Waals surface area contributed by atoms with Gasteiger partial charge in [-0.2, -0.15) is 0 Å². The van der Waals surface area contributed by atoms with Crippen LogP contribution in [0.4, 0.5) is 0 Å². The molecule has 0 spiro atoms. The number of methoxy groups -OCH3 is 1. The van der Waals surface area contributed by atoms with Crippen LogP contribution in [-0.2, 0) is 19.1 Å². The maximum Gasteiger partial charge on any atom is 0.328 e. The number of amides is 2. The lowest BCUT2D eigenvalue weighted by Crippen LogP contribution is -2.53. The summed E-state index contributed by atoms with van der Waals surface area (Å²) in [6, 6.07) is -1.33. The van der Waals surface area contributed by atoms with E-state index in [0.717, 1.165) is 0 Å². The first-order chi connectivity index (χ1) is 8.33. The zero-order valence-corrected chi connectivity index (χ0v) is 11.6. The Morgan fingerprint density at radius 3 is 2.06 bits per heavy atom. The summed E-state index contributed by atoms with van der Waals surface area (Å²) in [5.74, 6) is -1.22. The van der Waals surface area contributed by atoms with Crippen molar-refractivity contribution in [1.82, 2.24) is 10.6 Å². The predicted molar refractivity (Wildman–Crippen MR) is 66.7 cm³/mol. The Bertz CT molecular complexity index is 315. The van der Waals surface area contributed by atoms with E-state index < -0.39 is 18.1 Å². The van der Waals surface area contributed by atoms with Gasteiger partial charge in [-0.3, -0.25) is 9.59 Å². The minimum atomic E-state index is -0.683. The first-order valence-electron chi connectivity index (χ1n) is 5.98. The fourth-order valence-electron chi connectivity index (χ4n) is 1.49. The fourth-order valence-corrected chi connectivity index (χ4v) is 1.49. The lowest BCUT2D eigenvalue weighted by Gasteiger charge is -2.23. The average Bonchev–Trinajstić information content (AvgIpc) is 2.31. The molecule has 0 aliphatic rings. The fraction of sp³-hybridized carbons (Fsp3) is 0.750. The van der Waals surface area contributed by atoms with Gasteiger partial charge in [0.25, 0.3) is 0 Å². The van der Waals surface area contributed by atoms with Crippen LogP contribution < -0.4 is 10.6 Å². The molecule has 0 radical (unpaired) electrons. The molecule has 2 N–H and O–H groups in total. The Kier molecular flexibility index (Phi) is 7.00. The third kappa shape index (κ3) is 5.16. The molecule has 0 saturated heterocycles. The summed E-state index contributed by atoms with van der Waals surface area (Å²) in [7, 11) is 1.27. The van der Waals surface area contributed by atoms with Crippen molar-refractivity contribution in [3.63, 3.8) is 0 Å². The lowest BCUT2D eigenvalue weighted by atomic mass is 10.0. The van der Waals surface area contributed by atoms with Crippen molar-refractivity contribution in [3.8, 4) is 0 Å². The summed E-state index contributed by atoms with van der Waals surface area (Å²) < 4.78 is 4.58. The first kappa shape index (κ1) is 16.4. The Balaban J connectivity index is 4.67. The van der Waals surface area contributed by atoms with Gasteiger partial charge in [-0.1, -0.05) is 20.8 Å². The zero-order valence-electron chi connectivity index (χ0n) is 11.6. The molecule has 0 fully saturated rings. The summed E-state index contributed by atoms with van der Waals surface area (Å²) >= 11 is 0. The molecule has 0 bridgehead atoms. The van der Waals surface area contributed by atoms with E-state index in [1.165, 1.54) is 14.0 Å². The van der Waals surface area contributed by atoms with Crippen molar-refractivity contribution in [2.75, 3.05) is 7.11 Å². The summed E-state index contributed by atoms with van der Waals surface area (Å²) in [5.41, 5.74) is 0. The third-order valence-electron chi connectivity index (χ3n) is 2.52. The number of hydrogen-bond donors (Lipinski definition) is 2. The molecule has 0 unspecified atom stereocenters. The molecule has 0 aromatic heterocycles. The molecule has 0 aromatic rings. The van der Waals surface area contributed by atoms with E-state index >= 15 is 0 Å². The standard InChI is InChI=1S/C12H22N2O4/c1-6-9(12(17)18-5)14-11(16)10(7(2)3)13-8(4)15/h7,9-10H,6H2,1-5H3,(H,13,15)(H,14,16)/t9-,10-/m1/s1. The third-order valence-corrected chi connectivity index (χ3v) is 2.52. The topological polar surface area (TPSA) is 84.5 Å². The molecular weight excluding hydrogens is 236 g/mol. The van der Waals surface area contributed by atoms with Crippen molar-refractivity contribution in [2.45, 2.75) is 46.2 Å². The van der Waals surface area contributed by atoms with Gasteiger partial charge in [0.1, 0.15) is 12.1 Å². The van der Waals surface area contributed by atoms with E-state index in [1.54, 1.807) is 6.92 Å². The van der Waals surface area contributed by atoms with Crippen LogP contribution in [0.2, 0.25) is 0 Å².